The maximum absolute atomic E-state index is 9.28. The minimum atomic E-state index is 0.134. The second-order valence-electron chi connectivity index (χ2n) is 6.05. The molecule has 0 saturated heterocycles. The first kappa shape index (κ1) is 14.2. The smallest absolute Gasteiger partial charge is 0.189 e. The lowest BCUT2D eigenvalue weighted by atomic mass is 10.0. The Bertz CT molecular complexity index is 526. The van der Waals surface area contributed by atoms with E-state index in [0.717, 1.165) is 37.0 Å². The molecule has 5 nitrogen and oxygen atoms in total. The molecule has 3 rings (SSSR count). The fourth-order valence-corrected chi connectivity index (χ4v) is 2.79. The van der Waals surface area contributed by atoms with Crippen molar-refractivity contribution in [3.63, 3.8) is 0 Å². The molecule has 0 spiro atoms. The summed E-state index contributed by atoms with van der Waals surface area (Å²) in [6, 6.07) is 8.18. The molecule has 1 atom stereocenters. The molecule has 5 heteroatoms. The number of guanidine groups is 1. The van der Waals surface area contributed by atoms with E-state index in [1.54, 1.807) is 0 Å². The van der Waals surface area contributed by atoms with E-state index < -0.39 is 0 Å². The largest absolute Gasteiger partial charge is 0.493 e. The molecule has 1 aliphatic carbocycles. The molecule has 1 saturated carbocycles. The number of fused-ring (bicyclic) bond motifs is 1. The molecule has 1 unspecified atom stereocenters. The van der Waals surface area contributed by atoms with Crippen LogP contribution in [-0.4, -0.2) is 30.8 Å². The van der Waals surface area contributed by atoms with Gasteiger partial charge in [0.1, 0.15) is 5.75 Å². The topological polar surface area (TPSA) is 79.9 Å². The average molecular weight is 289 g/mol. The number of nitrogens with zero attached hydrogens (tertiary/aromatic N) is 1. The van der Waals surface area contributed by atoms with Crippen LogP contribution in [0.15, 0.2) is 29.3 Å². The van der Waals surface area contributed by atoms with Gasteiger partial charge in [0.15, 0.2) is 5.96 Å². The molecule has 0 amide bonds. The Morgan fingerprint density at radius 2 is 2.24 bits per heavy atom. The van der Waals surface area contributed by atoms with Crippen LogP contribution in [0.4, 0.5) is 0 Å². The Morgan fingerprint density at radius 3 is 3.00 bits per heavy atom. The molecule has 1 aromatic rings. The number of aliphatic hydroxyl groups is 1. The van der Waals surface area contributed by atoms with Crippen molar-refractivity contribution < 1.29 is 9.84 Å². The van der Waals surface area contributed by atoms with Crippen LogP contribution in [0, 0.1) is 5.41 Å². The van der Waals surface area contributed by atoms with Gasteiger partial charge in [-0.25, -0.2) is 0 Å². The minimum Gasteiger partial charge on any atom is -0.493 e. The van der Waals surface area contributed by atoms with Gasteiger partial charge in [0, 0.05) is 25.1 Å². The van der Waals surface area contributed by atoms with Gasteiger partial charge < -0.3 is 20.9 Å². The van der Waals surface area contributed by atoms with E-state index in [1.165, 1.54) is 0 Å². The molecule has 0 aromatic heterocycles. The van der Waals surface area contributed by atoms with E-state index in [1.807, 2.05) is 18.2 Å². The molecule has 1 aromatic carbocycles. The van der Waals surface area contributed by atoms with Crippen LogP contribution in [0.25, 0.3) is 0 Å². The third-order valence-electron chi connectivity index (χ3n) is 4.50. The van der Waals surface area contributed by atoms with Crippen molar-refractivity contribution in [2.75, 3.05) is 19.8 Å². The van der Waals surface area contributed by atoms with Crippen LogP contribution in [0.1, 0.15) is 37.3 Å². The van der Waals surface area contributed by atoms with E-state index in [9.17, 15) is 5.11 Å². The number of para-hydroxylation sites is 1. The summed E-state index contributed by atoms with van der Waals surface area (Å²) in [4.78, 5) is 4.40. The summed E-state index contributed by atoms with van der Waals surface area (Å²) in [6.07, 6.45) is 4.02. The van der Waals surface area contributed by atoms with Gasteiger partial charge >= 0.3 is 0 Å². The van der Waals surface area contributed by atoms with Gasteiger partial charge in [0.2, 0.25) is 0 Å². The van der Waals surface area contributed by atoms with Crippen molar-refractivity contribution in [2.24, 2.45) is 16.1 Å². The van der Waals surface area contributed by atoms with Gasteiger partial charge in [-0.05, 0) is 30.7 Å². The summed E-state index contributed by atoms with van der Waals surface area (Å²) in [5.74, 6) is 1.40. The molecule has 114 valence electrons. The first-order chi connectivity index (χ1) is 10.2. The Morgan fingerprint density at radius 1 is 1.43 bits per heavy atom. The third-order valence-corrected chi connectivity index (χ3v) is 4.50. The van der Waals surface area contributed by atoms with Crippen LogP contribution < -0.4 is 15.8 Å². The molecule has 1 aliphatic heterocycles. The SMILES string of the molecule is NC(=NCCC1(CO)CC1)NC1CCOc2ccccc21. The lowest BCUT2D eigenvalue weighted by molar-refractivity contribution is 0.205. The Balaban J connectivity index is 1.56. The number of rotatable bonds is 5. The summed E-state index contributed by atoms with van der Waals surface area (Å²) in [6.45, 7) is 1.63. The maximum Gasteiger partial charge on any atom is 0.189 e. The zero-order chi connectivity index (χ0) is 14.7. The van der Waals surface area contributed by atoms with Crippen LogP contribution >= 0.6 is 0 Å². The van der Waals surface area contributed by atoms with Crippen LogP contribution in [0.2, 0.25) is 0 Å². The molecular formula is C16H23N3O2. The van der Waals surface area contributed by atoms with Crippen molar-refractivity contribution in [3.8, 4) is 5.75 Å². The summed E-state index contributed by atoms with van der Waals surface area (Å²) >= 11 is 0. The Labute approximate surface area is 125 Å². The van der Waals surface area contributed by atoms with Gasteiger partial charge in [-0.2, -0.15) is 0 Å². The molecule has 1 fully saturated rings. The van der Waals surface area contributed by atoms with Crippen molar-refractivity contribution >= 4 is 5.96 Å². The predicted molar refractivity (Wildman–Crippen MR) is 82.3 cm³/mol. The number of ether oxygens (including phenoxy) is 1. The minimum absolute atomic E-state index is 0.134. The standard InChI is InChI=1S/C16H23N3O2/c17-15(18-9-8-16(11-20)6-7-16)19-13-5-10-21-14-4-2-1-3-12(13)14/h1-4,13,20H,5-11H2,(H3,17,18,19). The predicted octanol–water partition coefficient (Wildman–Crippen LogP) is 1.58. The molecule has 0 radical (unpaired) electrons. The lowest BCUT2D eigenvalue weighted by Crippen LogP contribution is -2.37. The van der Waals surface area contributed by atoms with E-state index in [0.29, 0.717) is 19.1 Å². The second-order valence-corrected chi connectivity index (χ2v) is 6.05. The zero-order valence-corrected chi connectivity index (χ0v) is 12.2. The number of hydrogen-bond acceptors (Lipinski definition) is 3. The van der Waals surface area contributed by atoms with E-state index in [2.05, 4.69) is 16.4 Å². The number of aliphatic imine (C=N–C) groups is 1. The van der Waals surface area contributed by atoms with Gasteiger partial charge in [0.05, 0.1) is 12.6 Å². The first-order valence-corrected chi connectivity index (χ1v) is 7.61. The average Bonchev–Trinajstić information content (AvgIpc) is 3.28. The number of aliphatic hydroxyl groups excluding tert-OH is 1. The van der Waals surface area contributed by atoms with E-state index in [-0.39, 0.29) is 18.1 Å². The summed E-state index contributed by atoms with van der Waals surface area (Å²) in [5, 5.41) is 12.6. The van der Waals surface area contributed by atoms with Crippen LogP contribution in [-0.2, 0) is 0 Å². The van der Waals surface area contributed by atoms with Gasteiger partial charge in [-0.3, -0.25) is 4.99 Å². The van der Waals surface area contributed by atoms with Crippen molar-refractivity contribution in [1.29, 1.82) is 0 Å². The number of nitrogens with two attached hydrogens (primary N) is 1. The van der Waals surface area contributed by atoms with Crippen molar-refractivity contribution in [1.82, 2.24) is 5.32 Å². The molecule has 0 bridgehead atoms. The van der Waals surface area contributed by atoms with Gasteiger partial charge in [-0.1, -0.05) is 18.2 Å². The van der Waals surface area contributed by atoms with Crippen LogP contribution in [0.3, 0.4) is 0 Å². The Hall–Kier alpha value is -1.75. The third kappa shape index (κ3) is 3.29. The Kier molecular flexibility index (Phi) is 4.01. The normalized spacial score (nSPS) is 23.1. The summed E-state index contributed by atoms with van der Waals surface area (Å²) in [7, 11) is 0. The fourth-order valence-electron chi connectivity index (χ4n) is 2.79. The highest BCUT2D eigenvalue weighted by molar-refractivity contribution is 5.78. The molecule has 2 aliphatic rings. The van der Waals surface area contributed by atoms with Gasteiger partial charge in [0.25, 0.3) is 0 Å². The quantitative estimate of drug-likeness (QED) is 0.568. The monoisotopic (exact) mass is 289 g/mol. The van der Waals surface area contributed by atoms with Crippen molar-refractivity contribution in [2.45, 2.75) is 31.7 Å². The molecule has 4 N–H and O–H groups in total. The molecular weight excluding hydrogens is 266 g/mol. The molecule has 21 heavy (non-hydrogen) atoms. The van der Waals surface area contributed by atoms with Crippen molar-refractivity contribution in [3.05, 3.63) is 29.8 Å². The summed E-state index contributed by atoms with van der Waals surface area (Å²) in [5.41, 5.74) is 7.26. The highest BCUT2D eigenvalue weighted by Crippen LogP contribution is 2.48. The lowest BCUT2D eigenvalue weighted by Gasteiger charge is -2.27. The van der Waals surface area contributed by atoms with Crippen LogP contribution in [0.5, 0.6) is 5.75 Å². The highest BCUT2D eigenvalue weighted by Gasteiger charge is 2.41. The number of hydrogen-bond donors (Lipinski definition) is 3. The highest BCUT2D eigenvalue weighted by atomic mass is 16.5. The zero-order valence-electron chi connectivity index (χ0n) is 12.2. The van der Waals surface area contributed by atoms with E-state index >= 15 is 0 Å². The first-order valence-electron chi connectivity index (χ1n) is 7.61. The second kappa shape index (κ2) is 5.93. The molecule has 1 heterocycles. The number of nitrogens with one attached hydrogen (secondary N) is 1. The maximum atomic E-state index is 9.28. The van der Waals surface area contributed by atoms with Gasteiger partial charge in [-0.15, -0.1) is 0 Å². The fraction of sp³-hybridized carbons (Fsp3) is 0.562. The van der Waals surface area contributed by atoms with E-state index in [4.69, 9.17) is 10.5 Å². The summed E-state index contributed by atoms with van der Waals surface area (Å²) < 4.78 is 5.64. The number of benzene rings is 1.